The monoisotopic (exact) mass is 218 g/mol. The Kier molecular flexibility index (Phi) is 2.40. The molecular weight excluding hydrogens is 200 g/mol. The van der Waals surface area contributed by atoms with Crippen LogP contribution in [0.4, 0.5) is 0 Å². The molecule has 16 heavy (non-hydrogen) atoms. The first-order valence-corrected chi connectivity index (χ1v) is 6.27. The lowest BCUT2D eigenvalue weighted by Crippen LogP contribution is -2.39. The van der Waals surface area contributed by atoms with Crippen molar-refractivity contribution in [1.29, 1.82) is 0 Å². The Bertz CT molecular complexity index is 400. The second kappa shape index (κ2) is 3.77. The molecule has 1 aliphatic carbocycles. The van der Waals surface area contributed by atoms with Gasteiger partial charge in [-0.2, -0.15) is 0 Å². The number of aliphatic hydroxyl groups is 1. The summed E-state index contributed by atoms with van der Waals surface area (Å²) in [6, 6.07) is 6.12. The number of ether oxygens (including phenoxy) is 1. The van der Waals surface area contributed by atoms with Crippen molar-refractivity contribution in [1.82, 2.24) is 0 Å². The minimum atomic E-state index is -0.594. The summed E-state index contributed by atoms with van der Waals surface area (Å²) in [4.78, 5) is 0. The first-order valence-electron chi connectivity index (χ1n) is 6.27. The SMILES string of the molecule is OC12CCCCCCOc3cccc(c31)C2. The lowest BCUT2D eigenvalue weighted by atomic mass is 9.70. The van der Waals surface area contributed by atoms with E-state index in [4.69, 9.17) is 4.74 Å². The lowest BCUT2D eigenvalue weighted by Gasteiger charge is -2.41. The molecule has 2 nitrogen and oxygen atoms in total. The van der Waals surface area contributed by atoms with Gasteiger partial charge in [0.25, 0.3) is 0 Å². The van der Waals surface area contributed by atoms with Crippen molar-refractivity contribution in [3.8, 4) is 5.75 Å². The van der Waals surface area contributed by atoms with E-state index in [0.717, 1.165) is 43.6 Å². The molecule has 2 aliphatic rings. The average molecular weight is 218 g/mol. The third-order valence-corrected chi connectivity index (χ3v) is 3.80. The van der Waals surface area contributed by atoms with Crippen LogP contribution < -0.4 is 4.74 Å². The van der Waals surface area contributed by atoms with Gasteiger partial charge in [-0.1, -0.05) is 31.4 Å². The molecule has 0 bridgehead atoms. The molecule has 2 heteroatoms. The first kappa shape index (κ1) is 10.2. The molecule has 86 valence electrons. The molecule has 3 rings (SSSR count). The van der Waals surface area contributed by atoms with E-state index in [1.165, 1.54) is 18.4 Å². The molecule has 1 atom stereocenters. The first-order chi connectivity index (χ1) is 7.80. The van der Waals surface area contributed by atoms with E-state index in [2.05, 4.69) is 6.07 Å². The summed E-state index contributed by atoms with van der Waals surface area (Å²) in [7, 11) is 0. The van der Waals surface area contributed by atoms with Gasteiger partial charge in [-0.25, -0.2) is 0 Å². The summed E-state index contributed by atoms with van der Waals surface area (Å²) >= 11 is 0. The van der Waals surface area contributed by atoms with E-state index in [0.29, 0.717) is 0 Å². The smallest absolute Gasteiger partial charge is 0.125 e. The zero-order chi connectivity index (χ0) is 11.0. The van der Waals surface area contributed by atoms with E-state index in [1.54, 1.807) is 0 Å². The Morgan fingerprint density at radius 2 is 2.00 bits per heavy atom. The van der Waals surface area contributed by atoms with Gasteiger partial charge in [-0.15, -0.1) is 0 Å². The zero-order valence-electron chi connectivity index (χ0n) is 9.54. The number of hydrogen-bond donors (Lipinski definition) is 1. The summed E-state index contributed by atoms with van der Waals surface area (Å²) in [5, 5.41) is 10.5. The van der Waals surface area contributed by atoms with Crippen molar-refractivity contribution in [2.45, 2.75) is 44.1 Å². The van der Waals surface area contributed by atoms with Crippen LogP contribution in [0.1, 0.15) is 43.2 Å². The molecule has 0 saturated heterocycles. The highest BCUT2D eigenvalue weighted by Crippen LogP contribution is 2.47. The maximum absolute atomic E-state index is 10.5. The molecule has 1 aliphatic heterocycles. The minimum Gasteiger partial charge on any atom is -0.493 e. The second-order valence-electron chi connectivity index (χ2n) is 5.01. The van der Waals surface area contributed by atoms with Crippen LogP contribution in [0.5, 0.6) is 5.75 Å². The Morgan fingerprint density at radius 1 is 1.12 bits per heavy atom. The summed E-state index contributed by atoms with van der Waals surface area (Å²) < 4.78 is 5.78. The highest BCUT2D eigenvalue weighted by molar-refractivity contribution is 5.52. The van der Waals surface area contributed by atoms with Crippen molar-refractivity contribution in [3.63, 3.8) is 0 Å². The van der Waals surface area contributed by atoms with Crippen molar-refractivity contribution in [2.75, 3.05) is 6.61 Å². The van der Waals surface area contributed by atoms with Crippen molar-refractivity contribution in [3.05, 3.63) is 29.3 Å². The normalized spacial score (nSPS) is 28.6. The fourth-order valence-electron chi connectivity index (χ4n) is 2.94. The largest absolute Gasteiger partial charge is 0.493 e. The Balaban J connectivity index is 1.97. The van der Waals surface area contributed by atoms with Crippen LogP contribution in [0.3, 0.4) is 0 Å². The molecule has 1 unspecified atom stereocenters. The Labute approximate surface area is 96.2 Å². The quantitative estimate of drug-likeness (QED) is 0.725. The van der Waals surface area contributed by atoms with Crippen molar-refractivity contribution >= 4 is 0 Å². The van der Waals surface area contributed by atoms with E-state index in [1.807, 2.05) is 12.1 Å². The van der Waals surface area contributed by atoms with Gasteiger partial charge < -0.3 is 9.84 Å². The average Bonchev–Trinajstić information content (AvgIpc) is 2.26. The molecule has 1 N–H and O–H groups in total. The molecule has 0 amide bonds. The number of benzene rings is 1. The predicted octanol–water partition coefficient (Wildman–Crippen LogP) is 2.77. The van der Waals surface area contributed by atoms with Gasteiger partial charge in [0, 0.05) is 12.0 Å². The van der Waals surface area contributed by atoms with Crippen molar-refractivity contribution < 1.29 is 9.84 Å². The fraction of sp³-hybridized carbons (Fsp3) is 0.571. The molecule has 0 spiro atoms. The number of rotatable bonds is 0. The maximum Gasteiger partial charge on any atom is 0.125 e. The van der Waals surface area contributed by atoms with E-state index in [9.17, 15) is 5.11 Å². The fourth-order valence-corrected chi connectivity index (χ4v) is 2.94. The molecule has 0 fully saturated rings. The van der Waals surface area contributed by atoms with Gasteiger partial charge in [0.1, 0.15) is 5.75 Å². The van der Waals surface area contributed by atoms with Gasteiger partial charge in [-0.05, 0) is 24.5 Å². The van der Waals surface area contributed by atoms with Gasteiger partial charge in [0.2, 0.25) is 0 Å². The summed E-state index contributed by atoms with van der Waals surface area (Å²) in [6.45, 7) is 0.784. The van der Waals surface area contributed by atoms with Crippen molar-refractivity contribution in [2.24, 2.45) is 0 Å². The summed E-state index contributed by atoms with van der Waals surface area (Å²) in [6.07, 6.45) is 6.38. The molecular formula is C14H18O2. The van der Waals surface area contributed by atoms with Gasteiger partial charge in [-0.3, -0.25) is 0 Å². The van der Waals surface area contributed by atoms with E-state index >= 15 is 0 Å². The minimum absolute atomic E-state index is 0.594. The Hall–Kier alpha value is -1.02. The van der Waals surface area contributed by atoms with Crippen LogP contribution >= 0.6 is 0 Å². The second-order valence-corrected chi connectivity index (χ2v) is 5.01. The standard InChI is InChI=1S/C14H18O2/c15-14-8-3-1-2-4-9-16-12-7-5-6-11(10-14)13(12)14/h5-7,15H,1-4,8-10H2. The van der Waals surface area contributed by atoms with Crippen LogP contribution in [0, 0.1) is 0 Å². The maximum atomic E-state index is 10.5. The topological polar surface area (TPSA) is 29.5 Å². The van der Waals surface area contributed by atoms with Crippen LogP contribution in [-0.2, 0) is 12.0 Å². The number of hydrogen-bond acceptors (Lipinski definition) is 2. The highest BCUT2D eigenvalue weighted by Gasteiger charge is 2.43. The molecule has 1 heterocycles. The van der Waals surface area contributed by atoms with E-state index < -0.39 is 5.60 Å². The summed E-state index contributed by atoms with van der Waals surface area (Å²) in [5.74, 6) is 0.910. The van der Waals surface area contributed by atoms with Crippen LogP contribution in [0.2, 0.25) is 0 Å². The molecule has 0 radical (unpaired) electrons. The highest BCUT2D eigenvalue weighted by atomic mass is 16.5. The zero-order valence-corrected chi connectivity index (χ0v) is 9.54. The predicted molar refractivity (Wildman–Crippen MR) is 62.6 cm³/mol. The lowest BCUT2D eigenvalue weighted by molar-refractivity contribution is -0.00297. The third kappa shape index (κ3) is 1.52. The summed E-state index contributed by atoms with van der Waals surface area (Å²) in [5.41, 5.74) is 1.74. The van der Waals surface area contributed by atoms with Crippen LogP contribution in [0.15, 0.2) is 18.2 Å². The van der Waals surface area contributed by atoms with Gasteiger partial charge >= 0.3 is 0 Å². The Morgan fingerprint density at radius 3 is 2.94 bits per heavy atom. The van der Waals surface area contributed by atoms with E-state index in [-0.39, 0.29) is 0 Å². The van der Waals surface area contributed by atoms with Gasteiger partial charge in [0.05, 0.1) is 12.2 Å². The van der Waals surface area contributed by atoms with Gasteiger partial charge in [0.15, 0.2) is 0 Å². The van der Waals surface area contributed by atoms with Crippen LogP contribution in [-0.4, -0.2) is 11.7 Å². The molecule has 1 aromatic rings. The molecule has 1 aromatic carbocycles. The molecule has 0 saturated carbocycles. The third-order valence-electron chi connectivity index (χ3n) is 3.80. The van der Waals surface area contributed by atoms with Crippen LogP contribution in [0.25, 0.3) is 0 Å². The molecule has 0 aromatic heterocycles.